The predicted octanol–water partition coefficient (Wildman–Crippen LogP) is 4.06. The monoisotopic (exact) mass is 436 g/mol. The molecule has 0 fully saturated rings. The van der Waals surface area contributed by atoms with Crippen LogP contribution in [0.2, 0.25) is 0 Å². The summed E-state index contributed by atoms with van der Waals surface area (Å²) < 4.78 is 37.6. The number of nitrogens with one attached hydrogen (secondary N) is 1. The van der Waals surface area contributed by atoms with Crippen LogP contribution in [0.15, 0.2) is 65.1 Å². The Morgan fingerprint density at radius 1 is 1.03 bits per heavy atom. The van der Waals surface area contributed by atoms with Crippen LogP contribution in [0, 0.1) is 6.92 Å². The number of carbonyl (C=O) groups excluding carboxylic acids is 1. The summed E-state index contributed by atoms with van der Waals surface area (Å²) in [6.45, 7) is 1.77. The first-order valence-corrected chi connectivity index (χ1v) is 11.6. The minimum absolute atomic E-state index is 0.103. The van der Waals surface area contributed by atoms with E-state index in [0.29, 0.717) is 22.7 Å². The molecule has 0 saturated heterocycles. The molecule has 1 aromatic heterocycles. The lowest BCUT2D eigenvalue weighted by Gasteiger charge is -2.34. The summed E-state index contributed by atoms with van der Waals surface area (Å²) in [6.07, 6.45) is 0.130. The first-order chi connectivity index (χ1) is 14.8. The molecule has 4 aromatic rings. The number of sulfonamides is 1. The number of ether oxygens (including phenoxy) is 1. The predicted molar refractivity (Wildman–Crippen MR) is 120 cm³/mol. The average Bonchev–Trinajstić information content (AvgIpc) is 3.10. The lowest BCUT2D eigenvalue weighted by Crippen LogP contribution is -2.48. The van der Waals surface area contributed by atoms with Crippen molar-refractivity contribution in [3.8, 4) is 5.75 Å². The summed E-state index contributed by atoms with van der Waals surface area (Å²) in [5, 5.41) is 4.77. The average molecular weight is 436 g/mol. The van der Waals surface area contributed by atoms with Gasteiger partial charge >= 0.3 is 0 Å². The van der Waals surface area contributed by atoms with Gasteiger partial charge in [0.1, 0.15) is 16.9 Å². The standard InChI is InChI=1S/C23H20N2O5S/c1-14-7-10-20-18(11-14)25(31(2,27)28)13-22(30-20)23(26)24-15-8-9-17-16-5-3-4-6-19(16)29-21(17)12-15/h3-12,22H,13H2,1-2H3,(H,24,26). The summed E-state index contributed by atoms with van der Waals surface area (Å²) in [7, 11) is -3.58. The van der Waals surface area contributed by atoms with Crippen molar-refractivity contribution in [2.24, 2.45) is 0 Å². The number of anilines is 2. The quantitative estimate of drug-likeness (QED) is 0.523. The normalized spacial score (nSPS) is 16.2. The second-order valence-corrected chi connectivity index (χ2v) is 9.58. The second kappa shape index (κ2) is 7.02. The van der Waals surface area contributed by atoms with Crippen molar-refractivity contribution in [1.29, 1.82) is 0 Å². The molecule has 1 aliphatic rings. The van der Waals surface area contributed by atoms with Crippen molar-refractivity contribution < 1.29 is 22.4 Å². The summed E-state index contributed by atoms with van der Waals surface area (Å²) in [4.78, 5) is 12.9. The fourth-order valence-electron chi connectivity index (χ4n) is 3.84. The third-order valence-corrected chi connectivity index (χ3v) is 6.47. The summed E-state index contributed by atoms with van der Waals surface area (Å²) in [5.41, 5.74) is 3.31. The molecule has 1 amide bonds. The van der Waals surface area contributed by atoms with Crippen LogP contribution in [0.25, 0.3) is 21.9 Å². The Bertz CT molecular complexity index is 1440. The molecule has 3 aromatic carbocycles. The number of rotatable bonds is 3. The minimum atomic E-state index is -3.58. The molecule has 0 spiro atoms. The van der Waals surface area contributed by atoms with Crippen molar-refractivity contribution in [2.45, 2.75) is 13.0 Å². The fourth-order valence-corrected chi connectivity index (χ4v) is 4.74. The van der Waals surface area contributed by atoms with Gasteiger partial charge in [-0.25, -0.2) is 8.42 Å². The molecular formula is C23H20N2O5S. The first-order valence-electron chi connectivity index (χ1n) is 9.77. The molecule has 1 unspecified atom stereocenters. The number of hydrogen-bond acceptors (Lipinski definition) is 5. The Morgan fingerprint density at radius 3 is 2.61 bits per heavy atom. The number of nitrogens with zero attached hydrogens (tertiary/aromatic N) is 1. The number of amides is 1. The zero-order valence-electron chi connectivity index (χ0n) is 17.0. The van der Waals surface area contributed by atoms with E-state index in [0.717, 1.165) is 28.2 Å². The van der Waals surface area contributed by atoms with Gasteiger partial charge in [-0.3, -0.25) is 9.10 Å². The molecule has 0 bridgehead atoms. The number of hydrogen-bond donors (Lipinski definition) is 1. The zero-order valence-corrected chi connectivity index (χ0v) is 17.8. The van der Waals surface area contributed by atoms with E-state index in [1.807, 2.05) is 43.3 Å². The van der Waals surface area contributed by atoms with Gasteiger partial charge in [-0.2, -0.15) is 0 Å². The molecule has 2 heterocycles. The molecular weight excluding hydrogens is 416 g/mol. The highest BCUT2D eigenvalue weighted by Gasteiger charge is 2.35. The van der Waals surface area contributed by atoms with Gasteiger partial charge in [0, 0.05) is 22.5 Å². The van der Waals surface area contributed by atoms with Crippen LogP contribution in [-0.4, -0.2) is 33.2 Å². The molecule has 8 heteroatoms. The van der Waals surface area contributed by atoms with Crippen molar-refractivity contribution in [2.75, 3.05) is 22.4 Å². The molecule has 0 radical (unpaired) electrons. The van der Waals surface area contributed by atoms with Crippen molar-refractivity contribution in [1.82, 2.24) is 0 Å². The van der Waals surface area contributed by atoms with Crippen LogP contribution in [0.4, 0.5) is 11.4 Å². The lowest BCUT2D eigenvalue weighted by atomic mass is 10.1. The van der Waals surface area contributed by atoms with E-state index in [1.54, 1.807) is 24.3 Å². The number of furan rings is 1. The molecule has 0 saturated carbocycles. The van der Waals surface area contributed by atoms with Crippen LogP contribution in [0.1, 0.15) is 5.56 Å². The Labute approximate surface area is 179 Å². The second-order valence-electron chi connectivity index (χ2n) is 7.67. The maximum Gasteiger partial charge on any atom is 0.267 e. The molecule has 158 valence electrons. The van der Waals surface area contributed by atoms with Gasteiger partial charge in [0.05, 0.1) is 18.5 Å². The highest BCUT2D eigenvalue weighted by atomic mass is 32.2. The molecule has 0 aliphatic carbocycles. The SMILES string of the molecule is Cc1ccc2c(c1)N(S(C)(=O)=O)CC(C(=O)Nc1ccc3c(c1)oc1ccccc13)O2. The lowest BCUT2D eigenvalue weighted by molar-refractivity contribution is -0.122. The van der Waals surface area contributed by atoms with Gasteiger partial charge < -0.3 is 14.5 Å². The molecule has 1 atom stereocenters. The number of para-hydroxylation sites is 1. The van der Waals surface area contributed by atoms with E-state index in [4.69, 9.17) is 9.15 Å². The Kier molecular flexibility index (Phi) is 4.40. The van der Waals surface area contributed by atoms with Gasteiger partial charge in [-0.1, -0.05) is 24.3 Å². The number of aryl methyl sites for hydroxylation is 1. The van der Waals surface area contributed by atoms with Crippen LogP contribution < -0.4 is 14.4 Å². The van der Waals surface area contributed by atoms with E-state index in [1.165, 1.54) is 4.31 Å². The molecule has 7 nitrogen and oxygen atoms in total. The molecule has 1 aliphatic heterocycles. The molecule has 1 N–H and O–H groups in total. The minimum Gasteiger partial charge on any atom is -0.476 e. The van der Waals surface area contributed by atoms with Gasteiger partial charge in [0.25, 0.3) is 5.91 Å². The van der Waals surface area contributed by atoms with E-state index < -0.39 is 22.0 Å². The molecule has 5 rings (SSSR count). The summed E-state index contributed by atoms with van der Waals surface area (Å²) in [6, 6.07) is 18.4. The topological polar surface area (TPSA) is 88.9 Å². The fraction of sp³-hybridized carbons (Fsp3) is 0.174. The van der Waals surface area contributed by atoms with Gasteiger partial charge in [-0.05, 0) is 42.8 Å². The zero-order chi connectivity index (χ0) is 21.8. The number of fused-ring (bicyclic) bond motifs is 4. The number of carbonyl (C=O) groups is 1. The first kappa shape index (κ1) is 19.4. The van der Waals surface area contributed by atoms with Crippen LogP contribution >= 0.6 is 0 Å². The van der Waals surface area contributed by atoms with Crippen LogP contribution in [-0.2, 0) is 14.8 Å². The van der Waals surface area contributed by atoms with E-state index in [-0.39, 0.29) is 6.54 Å². The molecule has 31 heavy (non-hydrogen) atoms. The number of benzene rings is 3. The summed E-state index contributed by atoms with van der Waals surface area (Å²) in [5.74, 6) is -0.0782. The van der Waals surface area contributed by atoms with E-state index in [9.17, 15) is 13.2 Å². The van der Waals surface area contributed by atoms with Crippen molar-refractivity contribution in [3.63, 3.8) is 0 Å². The Balaban J connectivity index is 1.43. The maximum atomic E-state index is 12.9. The van der Waals surface area contributed by atoms with Gasteiger partial charge in [0.2, 0.25) is 10.0 Å². The maximum absolute atomic E-state index is 12.9. The van der Waals surface area contributed by atoms with Crippen LogP contribution in [0.5, 0.6) is 5.75 Å². The van der Waals surface area contributed by atoms with Crippen LogP contribution in [0.3, 0.4) is 0 Å². The van der Waals surface area contributed by atoms with Crippen molar-refractivity contribution >= 4 is 49.2 Å². The summed E-state index contributed by atoms with van der Waals surface area (Å²) >= 11 is 0. The Hall–Kier alpha value is -3.52. The third-order valence-electron chi connectivity index (χ3n) is 5.32. The largest absolute Gasteiger partial charge is 0.476 e. The highest BCUT2D eigenvalue weighted by Crippen LogP contribution is 2.36. The van der Waals surface area contributed by atoms with Gasteiger partial charge in [0.15, 0.2) is 6.10 Å². The smallest absolute Gasteiger partial charge is 0.267 e. The van der Waals surface area contributed by atoms with E-state index in [2.05, 4.69) is 5.32 Å². The van der Waals surface area contributed by atoms with Gasteiger partial charge in [-0.15, -0.1) is 0 Å². The third kappa shape index (κ3) is 3.48. The van der Waals surface area contributed by atoms with Crippen molar-refractivity contribution in [3.05, 3.63) is 66.2 Å². The Morgan fingerprint density at radius 2 is 1.81 bits per heavy atom. The van der Waals surface area contributed by atoms with E-state index >= 15 is 0 Å². The highest BCUT2D eigenvalue weighted by molar-refractivity contribution is 7.92.